The van der Waals surface area contributed by atoms with Gasteiger partial charge in [-0.15, -0.1) is 0 Å². The first-order valence-corrected chi connectivity index (χ1v) is 7.44. The average molecular weight is 283 g/mol. The fourth-order valence-corrected chi connectivity index (χ4v) is 2.59. The van der Waals surface area contributed by atoms with Crippen LogP contribution < -0.4 is 11.1 Å². The Labute approximate surface area is 125 Å². The van der Waals surface area contributed by atoms with E-state index in [-0.39, 0.29) is 6.10 Å². The van der Waals surface area contributed by atoms with Crippen LogP contribution in [0.1, 0.15) is 18.4 Å². The van der Waals surface area contributed by atoms with E-state index < -0.39 is 0 Å². The normalized spacial score (nSPS) is 19.0. The van der Waals surface area contributed by atoms with Gasteiger partial charge in [0.2, 0.25) is 0 Å². The number of benzene rings is 2. The van der Waals surface area contributed by atoms with Crippen molar-refractivity contribution in [2.24, 2.45) is 10.7 Å². The van der Waals surface area contributed by atoms with E-state index in [9.17, 15) is 0 Å². The lowest BCUT2D eigenvalue weighted by Gasteiger charge is -2.11. The maximum atomic E-state index is 5.90. The summed E-state index contributed by atoms with van der Waals surface area (Å²) < 4.78 is 5.54. The van der Waals surface area contributed by atoms with Gasteiger partial charge in [0.15, 0.2) is 5.96 Å². The minimum atomic E-state index is 0.277. The van der Waals surface area contributed by atoms with E-state index in [1.807, 2.05) is 12.1 Å². The Bertz CT molecular complexity index is 633. The number of hydrogen-bond donors (Lipinski definition) is 2. The molecule has 2 aromatic rings. The van der Waals surface area contributed by atoms with Gasteiger partial charge < -0.3 is 15.8 Å². The monoisotopic (exact) mass is 283 g/mol. The summed E-state index contributed by atoms with van der Waals surface area (Å²) in [6.45, 7) is 2.20. The largest absolute Gasteiger partial charge is 0.376 e. The second-order valence-corrected chi connectivity index (χ2v) is 5.40. The smallest absolute Gasteiger partial charge is 0.189 e. The van der Waals surface area contributed by atoms with Crippen LogP contribution in [-0.2, 0) is 11.3 Å². The summed E-state index contributed by atoms with van der Waals surface area (Å²) in [5, 5.41) is 5.61. The predicted molar refractivity (Wildman–Crippen MR) is 86.3 cm³/mol. The number of ether oxygens (including phenoxy) is 1. The molecule has 3 N–H and O–H groups in total. The Kier molecular flexibility index (Phi) is 4.36. The lowest BCUT2D eigenvalue weighted by atomic mass is 10.1. The molecule has 21 heavy (non-hydrogen) atoms. The average Bonchev–Trinajstić information content (AvgIpc) is 3.04. The van der Waals surface area contributed by atoms with E-state index in [1.54, 1.807) is 0 Å². The van der Waals surface area contributed by atoms with Crippen molar-refractivity contribution < 1.29 is 4.74 Å². The number of fused-ring (bicyclic) bond motifs is 1. The van der Waals surface area contributed by atoms with Crippen LogP contribution in [0.15, 0.2) is 47.5 Å². The van der Waals surface area contributed by atoms with Gasteiger partial charge in [0.25, 0.3) is 0 Å². The fourth-order valence-electron chi connectivity index (χ4n) is 2.59. The molecule has 0 spiro atoms. The van der Waals surface area contributed by atoms with Gasteiger partial charge in [0, 0.05) is 13.2 Å². The molecule has 1 unspecified atom stereocenters. The summed E-state index contributed by atoms with van der Waals surface area (Å²) in [6.07, 6.45) is 2.52. The quantitative estimate of drug-likeness (QED) is 0.669. The van der Waals surface area contributed by atoms with E-state index >= 15 is 0 Å². The van der Waals surface area contributed by atoms with E-state index in [4.69, 9.17) is 10.5 Å². The Morgan fingerprint density at radius 3 is 2.90 bits per heavy atom. The first-order chi connectivity index (χ1) is 10.3. The highest BCUT2D eigenvalue weighted by Crippen LogP contribution is 2.16. The summed E-state index contributed by atoms with van der Waals surface area (Å²) in [5.41, 5.74) is 7.06. The molecule has 1 aliphatic heterocycles. The number of aliphatic imine (C=N–C) groups is 1. The predicted octanol–water partition coefficient (Wildman–Crippen LogP) is 2.42. The van der Waals surface area contributed by atoms with Crippen LogP contribution in [0.5, 0.6) is 0 Å². The van der Waals surface area contributed by atoms with Crippen LogP contribution in [0.3, 0.4) is 0 Å². The van der Waals surface area contributed by atoms with Crippen LogP contribution in [0.25, 0.3) is 10.8 Å². The minimum Gasteiger partial charge on any atom is -0.376 e. The summed E-state index contributed by atoms with van der Waals surface area (Å²) in [4.78, 5) is 4.39. The van der Waals surface area contributed by atoms with Crippen LogP contribution >= 0.6 is 0 Å². The summed E-state index contributed by atoms with van der Waals surface area (Å²) in [7, 11) is 0. The molecular formula is C17H21N3O. The molecule has 4 nitrogen and oxygen atoms in total. The van der Waals surface area contributed by atoms with Gasteiger partial charge in [0.1, 0.15) is 0 Å². The fraction of sp³-hybridized carbons (Fsp3) is 0.353. The highest BCUT2D eigenvalue weighted by atomic mass is 16.5. The van der Waals surface area contributed by atoms with E-state index in [0.29, 0.717) is 12.5 Å². The number of nitrogens with two attached hydrogens (primary N) is 1. The maximum Gasteiger partial charge on any atom is 0.189 e. The van der Waals surface area contributed by atoms with Gasteiger partial charge >= 0.3 is 0 Å². The Hall–Kier alpha value is -2.07. The van der Waals surface area contributed by atoms with Crippen molar-refractivity contribution in [2.45, 2.75) is 25.5 Å². The SMILES string of the molecule is NC(=NCc1ccc2ccccc2c1)NCC1CCCO1. The van der Waals surface area contributed by atoms with Gasteiger partial charge in [-0.3, -0.25) is 0 Å². The van der Waals surface area contributed by atoms with Crippen molar-refractivity contribution >= 4 is 16.7 Å². The molecular weight excluding hydrogens is 262 g/mol. The molecule has 4 heteroatoms. The van der Waals surface area contributed by atoms with Gasteiger partial charge in [-0.25, -0.2) is 4.99 Å². The van der Waals surface area contributed by atoms with Crippen molar-refractivity contribution in [3.63, 3.8) is 0 Å². The van der Waals surface area contributed by atoms with Gasteiger partial charge in [0.05, 0.1) is 12.6 Å². The Morgan fingerprint density at radius 2 is 2.10 bits per heavy atom. The van der Waals surface area contributed by atoms with Crippen molar-refractivity contribution in [2.75, 3.05) is 13.2 Å². The number of nitrogens with one attached hydrogen (secondary N) is 1. The van der Waals surface area contributed by atoms with Crippen molar-refractivity contribution in [3.05, 3.63) is 48.0 Å². The third kappa shape index (κ3) is 3.73. The first-order valence-electron chi connectivity index (χ1n) is 7.44. The molecule has 2 aromatic carbocycles. The second kappa shape index (κ2) is 6.59. The molecule has 1 heterocycles. The first kappa shape index (κ1) is 13.9. The summed E-state index contributed by atoms with van der Waals surface area (Å²) in [6, 6.07) is 14.7. The standard InChI is InChI=1S/C17H21N3O/c18-17(20-12-16-6-3-9-21-16)19-11-13-7-8-14-4-1-2-5-15(14)10-13/h1-2,4-5,7-8,10,16H,3,6,9,11-12H2,(H3,18,19,20). The molecule has 0 radical (unpaired) electrons. The molecule has 1 saturated heterocycles. The number of rotatable bonds is 4. The third-order valence-electron chi connectivity index (χ3n) is 3.78. The third-order valence-corrected chi connectivity index (χ3v) is 3.78. The molecule has 1 atom stereocenters. The zero-order valence-electron chi connectivity index (χ0n) is 12.1. The van der Waals surface area contributed by atoms with Crippen LogP contribution in [-0.4, -0.2) is 25.2 Å². The lowest BCUT2D eigenvalue weighted by Crippen LogP contribution is -2.37. The Balaban J connectivity index is 1.57. The molecule has 110 valence electrons. The number of hydrogen-bond acceptors (Lipinski definition) is 2. The maximum absolute atomic E-state index is 5.90. The molecule has 0 aliphatic carbocycles. The molecule has 0 saturated carbocycles. The molecule has 1 fully saturated rings. The van der Waals surface area contributed by atoms with Crippen molar-refractivity contribution in [1.29, 1.82) is 0 Å². The van der Waals surface area contributed by atoms with E-state index in [0.717, 1.165) is 31.6 Å². The van der Waals surface area contributed by atoms with Crippen molar-refractivity contribution in [3.8, 4) is 0 Å². The van der Waals surface area contributed by atoms with Gasteiger partial charge in [-0.05, 0) is 35.2 Å². The zero-order valence-corrected chi connectivity index (χ0v) is 12.1. The topological polar surface area (TPSA) is 59.6 Å². The van der Waals surface area contributed by atoms with Crippen LogP contribution in [0.4, 0.5) is 0 Å². The van der Waals surface area contributed by atoms with Crippen LogP contribution in [0.2, 0.25) is 0 Å². The highest BCUT2D eigenvalue weighted by molar-refractivity contribution is 5.83. The molecule has 3 rings (SSSR count). The summed E-state index contributed by atoms with van der Waals surface area (Å²) in [5.74, 6) is 0.485. The minimum absolute atomic E-state index is 0.277. The molecule has 1 aliphatic rings. The summed E-state index contributed by atoms with van der Waals surface area (Å²) >= 11 is 0. The number of nitrogens with zero attached hydrogens (tertiary/aromatic N) is 1. The number of guanidine groups is 1. The highest BCUT2D eigenvalue weighted by Gasteiger charge is 2.14. The second-order valence-electron chi connectivity index (χ2n) is 5.40. The van der Waals surface area contributed by atoms with Crippen LogP contribution in [0, 0.1) is 0 Å². The lowest BCUT2D eigenvalue weighted by molar-refractivity contribution is 0.114. The van der Waals surface area contributed by atoms with Gasteiger partial charge in [-0.1, -0.05) is 36.4 Å². The zero-order chi connectivity index (χ0) is 14.5. The van der Waals surface area contributed by atoms with Gasteiger partial charge in [-0.2, -0.15) is 0 Å². The molecule has 0 bridgehead atoms. The van der Waals surface area contributed by atoms with Crippen molar-refractivity contribution in [1.82, 2.24) is 5.32 Å². The Morgan fingerprint density at radius 1 is 1.24 bits per heavy atom. The van der Waals surface area contributed by atoms with E-state index in [2.05, 4.69) is 40.6 Å². The molecule has 0 aromatic heterocycles. The molecule has 0 amide bonds. The van der Waals surface area contributed by atoms with E-state index in [1.165, 1.54) is 10.8 Å².